The summed E-state index contributed by atoms with van der Waals surface area (Å²) in [5.74, 6) is -3.25. The van der Waals surface area contributed by atoms with E-state index in [0.717, 1.165) is 5.57 Å². The zero-order chi connectivity index (χ0) is 29.0. The van der Waals surface area contributed by atoms with Crippen LogP contribution in [0.3, 0.4) is 0 Å². The molecule has 8 nitrogen and oxygen atoms in total. The second-order valence-electron chi connectivity index (χ2n) is 14.3. The van der Waals surface area contributed by atoms with Crippen LogP contribution in [-0.2, 0) is 14.4 Å². The van der Waals surface area contributed by atoms with Gasteiger partial charge in [-0.25, -0.2) is 0 Å². The van der Waals surface area contributed by atoms with E-state index < -0.39 is 69.1 Å². The Morgan fingerprint density at radius 3 is 2.21 bits per heavy atom. The molecule has 0 saturated heterocycles. The van der Waals surface area contributed by atoms with Gasteiger partial charge < -0.3 is 25.5 Å². The molecule has 0 radical (unpaired) electrons. The highest BCUT2D eigenvalue weighted by Gasteiger charge is 2.74. The lowest BCUT2D eigenvalue weighted by Gasteiger charge is -2.63. The normalized spacial score (nSPS) is 42.7. The van der Waals surface area contributed by atoms with E-state index in [0.29, 0.717) is 6.42 Å². The molecule has 2 saturated carbocycles. The molecule has 4 aliphatic rings. The summed E-state index contributed by atoms with van der Waals surface area (Å²) >= 11 is 0. The summed E-state index contributed by atoms with van der Waals surface area (Å²) in [7, 11) is 0. The monoisotopic (exact) mass is 532 g/mol. The zero-order valence-corrected chi connectivity index (χ0v) is 23.8. The van der Waals surface area contributed by atoms with Gasteiger partial charge in [0.05, 0.1) is 23.2 Å². The second-order valence-corrected chi connectivity index (χ2v) is 14.3. The third-order valence-electron chi connectivity index (χ3n) is 11.4. The first-order valence-corrected chi connectivity index (χ1v) is 13.6. The summed E-state index contributed by atoms with van der Waals surface area (Å²) in [5.41, 5.74) is -6.32. The Morgan fingerprint density at radius 1 is 1.08 bits per heavy atom. The van der Waals surface area contributed by atoms with E-state index in [1.54, 1.807) is 13.8 Å². The van der Waals surface area contributed by atoms with Gasteiger partial charge in [-0.15, -0.1) is 0 Å². The molecular formula is C30H44O8. The van der Waals surface area contributed by atoms with Gasteiger partial charge in [0, 0.05) is 30.1 Å². The summed E-state index contributed by atoms with van der Waals surface area (Å²) in [4.78, 5) is 40.3. The van der Waals surface area contributed by atoms with Gasteiger partial charge in [-0.05, 0) is 70.3 Å². The van der Waals surface area contributed by atoms with E-state index in [4.69, 9.17) is 0 Å². The number of aliphatic hydroxyl groups is 5. The topological polar surface area (TPSA) is 152 Å². The summed E-state index contributed by atoms with van der Waals surface area (Å²) in [6, 6.07) is 0. The van der Waals surface area contributed by atoms with Crippen LogP contribution in [0.5, 0.6) is 0 Å². The first-order valence-electron chi connectivity index (χ1n) is 13.6. The van der Waals surface area contributed by atoms with Crippen molar-refractivity contribution in [1.82, 2.24) is 0 Å². The van der Waals surface area contributed by atoms with E-state index in [9.17, 15) is 39.9 Å². The lowest BCUT2D eigenvalue weighted by molar-refractivity contribution is -0.182. The molecule has 0 heterocycles. The van der Waals surface area contributed by atoms with Crippen LogP contribution in [0.2, 0.25) is 0 Å². The van der Waals surface area contributed by atoms with Gasteiger partial charge >= 0.3 is 0 Å². The highest BCUT2D eigenvalue weighted by atomic mass is 16.3. The number of carbonyl (C=O) groups is 3. The molecule has 0 aromatic rings. The van der Waals surface area contributed by atoms with Crippen molar-refractivity contribution in [2.45, 2.75) is 104 Å². The fraction of sp³-hybridized carbons (Fsp3) is 0.767. The number of allylic oxidation sites excluding steroid dienone is 4. The van der Waals surface area contributed by atoms with Crippen molar-refractivity contribution in [3.8, 4) is 0 Å². The van der Waals surface area contributed by atoms with Crippen LogP contribution in [0.25, 0.3) is 0 Å². The Morgan fingerprint density at radius 2 is 1.66 bits per heavy atom. The Hall–Kier alpha value is -1.87. The van der Waals surface area contributed by atoms with Gasteiger partial charge in [0.25, 0.3) is 0 Å². The Bertz CT molecular complexity index is 1140. The van der Waals surface area contributed by atoms with Crippen LogP contribution in [0.1, 0.15) is 81.1 Å². The first-order chi connectivity index (χ1) is 17.1. The third kappa shape index (κ3) is 3.59. The second kappa shape index (κ2) is 8.32. The molecule has 38 heavy (non-hydrogen) atoms. The molecule has 2 fully saturated rings. The van der Waals surface area contributed by atoms with E-state index in [2.05, 4.69) is 0 Å². The average molecular weight is 533 g/mol. The maximum Gasteiger partial charge on any atom is 0.206 e. The predicted octanol–water partition coefficient (Wildman–Crippen LogP) is 2.81. The summed E-state index contributed by atoms with van der Waals surface area (Å²) in [6.45, 7) is 13.4. The van der Waals surface area contributed by atoms with E-state index in [1.165, 1.54) is 26.8 Å². The zero-order valence-electron chi connectivity index (χ0n) is 23.8. The molecule has 8 heteroatoms. The minimum absolute atomic E-state index is 0.00244. The van der Waals surface area contributed by atoms with Crippen LogP contribution >= 0.6 is 0 Å². The van der Waals surface area contributed by atoms with Crippen LogP contribution < -0.4 is 0 Å². The molecule has 0 aromatic carbocycles. The van der Waals surface area contributed by atoms with Crippen LogP contribution in [0, 0.1) is 39.4 Å². The fourth-order valence-corrected chi connectivity index (χ4v) is 8.78. The molecule has 9 atom stereocenters. The molecule has 0 spiro atoms. The maximum absolute atomic E-state index is 14.2. The predicted molar refractivity (Wildman–Crippen MR) is 140 cm³/mol. The number of hydrogen-bond donors (Lipinski definition) is 5. The summed E-state index contributed by atoms with van der Waals surface area (Å²) < 4.78 is 0. The average Bonchev–Trinajstić information content (AvgIpc) is 2.97. The molecule has 4 aliphatic carbocycles. The molecule has 0 aliphatic heterocycles. The van der Waals surface area contributed by atoms with Gasteiger partial charge in [0.1, 0.15) is 11.4 Å². The lowest BCUT2D eigenvalue weighted by atomic mass is 9.39. The number of Topliss-reactive ketones (excluding diaryl/α,β-unsaturated/α-hetero) is 3. The molecular weight excluding hydrogens is 488 g/mol. The lowest BCUT2D eigenvalue weighted by Crippen LogP contribution is -2.64. The standard InChI is InChI=1S/C30H44O8/c1-25(2)15-9-10-19-27(5)13-18(32)23(30(8,38)21(34)12-20(33)26(3,4)37)28(27,6)14-22(35)29(19,7)16(15)11-17(31)24(25)36/h9,11,16,18-20,23,31-33,37-38H,10,12-14H2,1-8H3/t16-,18-,19-,20+,23+,27+,28+,29+,30+/m0/s1. The van der Waals surface area contributed by atoms with E-state index in [-0.39, 0.29) is 36.1 Å². The minimum atomic E-state index is -2.06. The molecule has 0 bridgehead atoms. The molecule has 5 N–H and O–H groups in total. The summed E-state index contributed by atoms with van der Waals surface area (Å²) in [6.07, 6.45) is 1.27. The van der Waals surface area contributed by atoms with Crippen LogP contribution in [0.15, 0.2) is 23.5 Å². The molecule has 0 aromatic heterocycles. The van der Waals surface area contributed by atoms with Crippen molar-refractivity contribution in [3.63, 3.8) is 0 Å². The quantitative estimate of drug-likeness (QED) is 0.339. The highest BCUT2D eigenvalue weighted by molar-refractivity contribution is 6.02. The van der Waals surface area contributed by atoms with Crippen LogP contribution in [-0.4, -0.2) is 66.3 Å². The number of ketones is 3. The number of rotatable bonds is 5. The number of hydrogen-bond acceptors (Lipinski definition) is 8. The molecule has 0 unspecified atom stereocenters. The van der Waals surface area contributed by atoms with Gasteiger partial charge in [-0.2, -0.15) is 0 Å². The molecule has 4 rings (SSSR count). The van der Waals surface area contributed by atoms with E-state index >= 15 is 0 Å². The Labute approximate surface area is 224 Å². The van der Waals surface area contributed by atoms with Crippen molar-refractivity contribution >= 4 is 17.3 Å². The van der Waals surface area contributed by atoms with Crippen molar-refractivity contribution in [3.05, 3.63) is 23.5 Å². The number of aliphatic hydroxyl groups excluding tert-OH is 3. The Balaban J connectivity index is 1.79. The SMILES string of the molecule is CC1(C)C(=O)C(O)=C[C@H]2C1=CC[C@@H]1[C@]2(C)C(=O)C[C@]2(C)[C@H]([C@](C)(O)C(=O)C[C@@H](O)C(C)(C)O)[C@@H](O)C[C@]12C. The first kappa shape index (κ1) is 29.1. The van der Waals surface area contributed by atoms with Gasteiger partial charge in [-0.3, -0.25) is 14.4 Å². The smallest absolute Gasteiger partial charge is 0.206 e. The number of carbonyl (C=O) groups excluding carboxylic acids is 3. The van der Waals surface area contributed by atoms with Gasteiger partial charge in [0.15, 0.2) is 11.5 Å². The summed E-state index contributed by atoms with van der Waals surface area (Å²) in [5, 5.41) is 54.1. The Kier molecular flexibility index (Phi) is 6.38. The van der Waals surface area contributed by atoms with Crippen molar-refractivity contribution in [2.24, 2.45) is 39.4 Å². The highest BCUT2D eigenvalue weighted by Crippen LogP contribution is 2.73. The third-order valence-corrected chi connectivity index (χ3v) is 11.4. The van der Waals surface area contributed by atoms with Crippen molar-refractivity contribution < 1.29 is 39.9 Å². The van der Waals surface area contributed by atoms with Gasteiger partial charge in [-0.1, -0.05) is 32.4 Å². The molecule has 0 amide bonds. The van der Waals surface area contributed by atoms with E-state index in [1.807, 2.05) is 26.8 Å². The minimum Gasteiger partial charge on any atom is -0.505 e. The maximum atomic E-state index is 14.2. The van der Waals surface area contributed by atoms with Crippen LogP contribution in [0.4, 0.5) is 0 Å². The van der Waals surface area contributed by atoms with Crippen molar-refractivity contribution in [1.29, 1.82) is 0 Å². The van der Waals surface area contributed by atoms with Gasteiger partial charge in [0.2, 0.25) is 5.78 Å². The fourth-order valence-electron chi connectivity index (χ4n) is 8.78. The van der Waals surface area contributed by atoms with Crippen molar-refractivity contribution in [2.75, 3.05) is 0 Å². The number of fused-ring (bicyclic) bond motifs is 5. The largest absolute Gasteiger partial charge is 0.505 e. The molecule has 212 valence electrons.